The van der Waals surface area contributed by atoms with Crippen molar-refractivity contribution in [3.8, 4) is 5.75 Å². The Kier molecular flexibility index (Phi) is 6.30. The highest BCUT2D eigenvalue weighted by molar-refractivity contribution is 9.10. The van der Waals surface area contributed by atoms with Gasteiger partial charge >= 0.3 is 0 Å². The Labute approximate surface area is 174 Å². The number of carbonyl (C=O) groups is 2. The van der Waals surface area contributed by atoms with Crippen LogP contribution < -0.4 is 10.2 Å². The van der Waals surface area contributed by atoms with Crippen LogP contribution >= 0.6 is 39.9 Å². The molecule has 0 saturated carbocycles. The summed E-state index contributed by atoms with van der Waals surface area (Å²) in [7, 11) is 0. The van der Waals surface area contributed by atoms with Crippen LogP contribution in [-0.2, 0) is 4.79 Å². The van der Waals surface area contributed by atoms with Crippen molar-refractivity contribution in [1.29, 1.82) is 0 Å². The first-order chi connectivity index (χ1) is 13.0. The van der Waals surface area contributed by atoms with E-state index in [1.54, 1.807) is 30.3 Å². The fourth-order valence-electron chi connectivity index (χ4n) is 2.36. The van der Waals surface area contributed by atoms with Gasteiger partial charge in [0.25, 0.3) is 11.8 Å². The molecule has 2 amide bonds. The molecule has 5 nitrogen and oxygen atoms in total. The van der Waals surface area contributed by atoms with Gasteiger partial charge in [0.15, 0.2) is 4.32 Å². The fraction of sp³-hybridized carbons (Fsp3) is 0.105. The molecule has 1 N–H and O–H groups in total. The summed E-state index contributed by atoms with van der Waals surface area (Å²) in [5.41, 5.74) is 3.77. The summed E-state index contributed by atoms with van der Waals surface area (Å²) in [5.74, 6) is -0.0966. The second kappa shape index (κ2) is 8.69. The number of nitrogens with one attached hydrogen (secondary N) is 1. The van der Waals surface area contributed by atoms with E-state index in [0.29, 0.717) is 22.8 Å². The summed E-state index contributed by atoms with van der Waals surface area (Å²) in [6, 6.07) is 14.3. The van der Waals surface area contributed by atoms with Gasteiger partial charge in [-0.2, -0.15) is 5.01 Å². The van der Waals surface area contributed by atoms with E-state index in [1.165, 1.54) is 0 Å². The molecule has 27 heavy (non-hydrogen) atoms. The molecule has 0 bridgehead atoms. The Morgan fingerprint density at radius 1 is 1.26 bits per heavy atom. The predicted octanol–water partition coefficient (Wildman–Crippen LogP) is 4.39. The monoisotopic (exact) mass is 462 g/mol. The van der Waals surface area contributed by atoms with E-state index in [2.05, 4.69) is 21.4 Å². The van der Waals surface area contributed by atoms with Crippen LogP contribution in [0.1, 0.15) is 22.8 Å². The van der Waals surface area contributed by atoms with Crippen molar-refractivity contribution in [2.45, 2.75) is 6.92 Å². The molecular formula is C19H15BrN2O3S2. The molecule has 0 radical (unpaired) electrons. The highest BCUT2D eigenvalue weighted by Crippen LogP contribution is 2.33. The predicted molar refractivity (Wildman–Crippen MR) is 114 cm³/mol. The third kappa shape index (κ3) is 4.58. The fourth-order valence-corrected chi connectivity index (χ4v) is 3.79. The quantitative estimate of drug-likeness (QED) is 0.527. The molecular weight excluding hydrogens is 448 g/mol. The third-order valence-corrected chi connectivity index (χ3v) is 5.45. The van der Waals surface area contributed by atoms with Crippen LogP contribution in [0.5, 0.6) is 5.75 Å². The summed E-state index contributed by atoms with van der Waals surface area (Å²) in [4.78, 5) is 25.5. The maximum absolute atomic E-state index is 12.7. The zero-order valence-corrected chi connectivity index (χ0v) is 17.5. The lowest BCUT2D eigenvalue weighted by Gasteiger charge is -2.15. The summed E-state index contributed by atoms with van der Waals surface area (Å²) < 4.78 is 6.71. The van der Waals surface area contributed by atoms with E-state index in [4.69, 9.17) is 17.0 Å². The van der Waals surface area contributed by atoms with Crippen LogP contribution in [0.3, 0.4) is 0 Å². The van der Waals surface area contributed by atoms with Gasteiger partial charge in [-0.1, -0.05) is 45.9 Å². The van der Waals surface area contributed by atoms with E-state index in [0.717, 1.165) is 26.8 Å². The Balaban J connectivity index is 1.79. The van der Waals surface area contributed by atoms with Gasteiger partial charge in [0.2, 0.25) is 0 Å². The second-order valence-corrected chi connectivity index (χ2v) is 8.03. The SMILES string of the molecule is CCOc1ccccc1/C=C1/SC(=S)N(NC(=O)c2ccc(Br)cc2)C1=O. The highest BCUT2D eigenvalue weighted by atomic mass is 79.9. The van der Waals surface area contributed by atoms with Crippen molar-refractivity contribution in [1.82, 2.24) is 10.4 Å². The number of hydrogen-bond acceptors (Lipinski definition) is 5. The molecule has 2 aromatic rings. The lowest BCUT2D eigenvalue weighted by Crippen LogP contribution is -2.44. The topological polar surface area (TPSA) is 58.6 Å². The van der Waals surface area contributed by atoms with E-state index in [9.17, 15) is 9.59 Å². The molecule has 1 aliphatic heterocycles. The first-order valence-electron chi connectivity index (χ1n) is 8.06. The van der Waals surface area contributed by atoms with Crippen LogP contribution in [0.2, 0.25) is 0 Å². The van der Waals surface area contributed by atoms with Crippen molar-refractivity contribution in [2.24, 2.45) is 0 Å². The molecule has 1 heterocycles. The lowest BCUT2D eigenvalue weighted by molar-refractivity contribution is -0.123. The average Bonchev–Trinajstić information content (AvgIpc) is 2.91. The molecule has 0 aliphatic carbocycles. The number of rotatable bonds is 5. The van der Waals surface area contributed by atoms with Crippen LogP contribution in [0, 0.1) is 0 Å². The van der Waals surface area contributed by atoms with Crippen molar-refractivity contribution in [2.75, 3.05) is 6.61 Å². The first kappa shape index (κ1) is 19.6. The third-order valence-electron chi connectivity index (χ3n) is 3.62. The minimum Gasteiger partial charge on any atom is -0.493 e. The van der Waals surface area contributed by atoms with Gasteiger partial charge in [-0.05, 0) is 55.5 Å². The number of benzene rings is 2. The molecule has 0 spiro atoms. The molecule has 3 rings (SSSR count). The number of hydrazine groups is 1. The normalized spacial score (nSPS) is 15.3. The number of hydrogen-bond donors (Lipinski definition) is 1. The Bertz CT molecular complexity index is 929. The number of halogens is 1. The average molecular weight is 463 g/mol. The molecule has 138 valence electrons. The molecule has 0 atom stereocenters. The molecule has 1 saturated heterocycles. The largest absolute Gasteiger partial charge is 0.493 e. The van der Waals surface area contributed by atoms with Crippen molar-refractivity contribution < 1.29 is 14.3 Å². The van der Waals surface area contributed by atoms with Crippen molar-refractivity contribution in [3.05, 3.63) is 69.0 Å². The Morgan fingerprint density at radius 2 is 1.96 bits per heavy atom. The molecule has 1 aliphatic rings. The maximum Gasteiger partial charge on any atom is 0.285 e. The second-order valence-electron chi connectivity index (χ2n) is 5.44. The van der Waals surface area contributed by atoms with Gasteiger partial charge in [0.1, 0.15) is 5.75 Å². The molecule has 8 heteroatoms. The molecule has 2 aromatic carbocycles. The Morgan fingerprint density at radius 3 is 2.67 bits per heavy atom. The molecule has 0 unspecified atom stereocenters. The van der Waals surface area contributed by atoms with Gasteiger partial charge in [-0.25, -0.2) is 0 Å². The van der Waals surface area contributed by atoms with Gasteiger partial charge < -0.3 is 4.74 Å². The smallest absolute Gasteiger partial charge is 0.285 e. The number of nitrogens with zero attached hydrogens (tertiary/aromatic N) is 1. The molecule has 0 aromatic heterocycles. The zero-order valence-electron chi connectivity index (χ0n) is 14.3. The number of thiocarbonyl (C=S) groups is 1. The van der Waals surface area contributed by atoms with Gasteiger partial charge in [-0.15, -0.1) is 0 Å². The van der Waals surface area contributed by atoms with Crippen LogP contribution in [0.25, 0.3) is 6.08 Å². The summed E-state index contributed by atoms with van der Waals surface area (Å²) in [6.45, 7) is 2.42. The standard InChI is InChI=1S/C19H15BrN2O3S2/c1-2-25-15-6-4-3-5-13(15)11-16-18(24)22(19(26)27-16)21-17(23)12-7-9-14(20)10-8-12/h3-11H,2H2,1H3,(H,21,23)/b16-11+. The van der Waals surface area contributed by atoms with Gasteiger partial charge in [0, 0.05) is 15.6 Å². The summed E-state index contributed by atoms with van der Waals surface area (Å²) in [5, 5.41) is 1.10. The number of para-hydroxylation sites is 1. The lowest BCUT2D eigenvalue weighted by atomic mass is 10.2. The molecule has 1 fully saturated rings. The van der Waals surface area contributed by atoms with E-state index >= 15 is 0 Å². The number of carbonyl (C=O) groups excluding carboxylic acids is 2. The summed E-state index contributed by atoms with van der Waals surface area (Å²) in [6.07, 6.45) is 1.72. The van der Waals surface area contributed by atoms with Gasteiger partial charge in [0.05, 0.1) is 11.5 Å². The van der Waals surface area contributed by atoms with Gasteiger partial charge in [-0.3, -0.25) is 15.0 Å². The number of thioether (sulfide) groups is 1. The Hall–Kier alpha value is -2.16. The van der Waals surface area contributed by atoms with Crippen LogP contribution in [0.4, 0.5) is 0 Å². The number of amides is 2. The minimum atomic E-state index is -0.408. The maximum atomic E-state index is 12.7. The first-order valence-corrected chi connectivity index (χ1v) is 10.1. The van der Waals surface area contributed by atoms with Crippen molar-refractivity contribution >= 4 is 62.1 Å². The van der Waals surface area contributed by atoms with E-state index in [-0.39, 0.29) is 10.2 Å². The highest BCUT2D eigenvalue weighted by Gasteiger charge is 2.34. The van der Waals surface area contributed by atoms with E-state index < -0.39 is 5.91 Å². The van der Waals surface area contributed by atoms with Crippen LogP contribution in [0.15, 0.2) is 57.9 Å². The van der Waals surface area contributed by atoms with Crippen LogP contribution in [-0.4, -0.2) is 27.8 Å². The van der Waals surface area contributed by atoms with Crippen molar-refractivity contribution in [3.63, 3.8) is 0 Å². The minimum absolute atomic E-state index is 0.269. The number of ether oxygens (including phenoxy) is 1. The summed E-state index contributed by atoms with van der Waals surface area (Å²) >= 11 is 9.71. The zero-order chi connectivity index (χ0) is 19.4. The van der Waals surface area contributed by atoms with E-state index in [1.807, 2.05) is 31.2 Å².